The fourth-order valence-electron chi connectivity index (χ4n) is 2.29. The lowest BCUT2D eigenvalue weighted by atomic mass is 10.1. The third-order valence-corrected chi connectivity index (χ3v) is 3.15. The molecule has 0 radical (unpaired) electrons. The lowest BCUT2D eigenvalue weighted by molar-refractivity contribution is 0.194. The highest BCUT2D eigenvalue weighted by Gasteiger charge is 2.17. The van der Waals surface area contributed by atoms with Gasteiger partial charge in [0.2, 0.25) is 0 Å². The van der Waals surface area contributed by atoms with E-state index in [1.54, 1.807) is 19.3 Å². The number of nitrogens with zero attached hydrogens (tertiary/aromatic N) is 3. The van der Waals surface area contributed by atoms with Gasteiger partial charge in [-0.25, -0.2) is 4.98 Å². The number of aromatic nitrogens is 3. The second-order valence-corrected chi connectivity index (χ2v) is 4.69. The van der Waals surface area contributed by atoms with Gasteiger partial charge in [0.05, 0.1) is 17.5 Å². The van der Waals surface area contributed by atoms with Crippen molar-refractivity contribution in [3.8, 4) is 11.3 Å². The Morgan fingerprint density at radius 1 is 1.16 bits per heavy atom. The molecule has 0 bridgehead atoms. The summed E-state index contributed by atoms with van der Waals surface area (Å²) in [6.45, 7) is 3.79. The average molecular weight is 253 g/mol. The van der Waals surface area contributed by atoms with Crippen LogP contribution in [0.5, 0.6) is 0 Å². The highest BCUT2D eigenvalue weighted by Crippen LogP contribution is 2.28. The molecule has 4 nitrogen and oxygen atoms in total. The molecule has 0 spiro atoms. The molecule has 1 N–H and O–H groups in total. The van der Waals surface area contributed by atoms with E-state index < -0.39 is 6.10 Å². The highest BCUT2D eigenvalue weighted by molar-refractivity contribution is 5.66. The van der Waals surface area contributed by atoms with Gasteiger partial charge < -0.3 is 9.51 Å². The molecule has 3 rings (SSSR count). The van der Waals surface area contributed by atoms with Crippen LogP contribution in [0.15, 0.2) is 42.9 Å². The monoisotopic (exact) mass is 253 g/mol. The molecule has 19 heavy (non-hydrogen) atoms. The molecule has 0 amide bonds. The lowest BCUT2D eigenvalue weighted by Crippen LogP contribution is -1.99. The van der Waals surface area contributed by atoms with Crippen molar-refractivity contribution < 1.29 is 5.11 Å². The van der Waals surface area contributed by atoms with Crippen molar-refractivity contribution in [2.45, 2.75) is 20.0 Å². The molecule has 4 heteroatoms. The number of rotatable bonds is 2. The molecule has 3 heterocycles. The summed E-state index contributed by atoms with van der Waals surface area (Å²) in [7, 11) is 0. The number of aliphatic hydroxyl groups excluding tert-OH is 1. The largest absolute Gasteiger partial charge is 0.387 e. The quantitative estimate of drug-likeness (QED) is 0.764. The Morgan fingerprint density at radius 2 is 1.89 bits per heavy atom. The molecule has 3 aromatic rings. The molecule has 0 fully saturated rings. The molecule has 3 aromatic heterocycles. The van der Waals surface area contributed by atoms with Crippen LogP contribution in [-0.2, 0) is 0 Å². The summed E-state index contributed by atoms with van der Waals surface area (Å²) < 4.78 is 1.95. The van der Waals surface area contributed by atoms with Crippen molar-refractivity contribution in [1.82, 2.24) is 14.4 Å². The zero-order valence-corrected chi connectivity index (χ0v) is 10.9. The van der Waals surface area contributed by atoms with E-state index in [-0.39, 0.29) is 0 Å². The third kappa shape index (κ3) is 2.00. The Labute approximate surface area is 111 Å². The fraction of sp³-hybridized carbons (Fsp3) is 0.200. The summed E-state index contributed by atoms with van der Waals surface area (Å²) in [6.07, 6.45) is 4.88. The van der Waals surface area contributed by atoms with Crippen LogP contribution in [0.1, 0.15) is 24.3 Å². The van der Waals surface area contributed by atoms with Crippen LogP contribution in [0.25, 0.3) is 16.9 Å². The maximum absolute atomic E-state index is 10.1. The first kappa shape index (κ1) is 11.9. The first-order chi connectivity index (χ1) is 9.16. The minimum Gasteiger partial charge on any atom is -0.387 e. The Morgan fingerprint density at radius 3 is 2.58 bits per heavy atom. The minimum absolute atomic E-state index is 0.583. The minimum atomic E-state index is -0.583. The van der Waals surface area contributed by atoms with Crippen LogP contribution in [0, 0.1) is 6.92 Å². The number of hydrogen-bond donors (Lipinski definition) is 1. The van der Waals surface area contributed by atoms with Gasteiger partial charge in [-0.05, 0) is 37.6 Å². The van der Waals surface area contributed by atoms with E-state index in [0.717, 1.165) is 28.2 Å². The molecule has 0 aliphatic carbocycles. The van der Waals surface area contributed by atoms with Crippen LogP contribution in [0.3, 0.4) is 0 Å². The maximum atomic E-state index is 10.1. The standard InChI is InChI=1S/C15H15N3O/c1-10-3-4-13-17-14(12-5-7-16-8-6-12)15(11(2)19)18(13)9-10/h3-9,11,19H,1-2H3. The van der Waals surface area contributed by atoms with E-state index in [2.05, 4.69) is 9.97 Å². The second-order valence-electron chi connectivity index (χ2n) is 4.69. The van der Waals surface area contributed by atoms with Gasteiger partial charge in [0, 0.05) is 24.2 Å². The molecule has 96 valence electrons. The highest BCUT2D eigenvalue weighted by atomic mass is 16.3. The number of imidazole rings is 1. The zero-order chi connectivity index (χ0) is 13.4. The van der Waals surface area contributed by atoms with Crippen LogP contribution in [0.4, 0.5) is 0 Å². The van der Waals surface area contributed by atoms with Crippen LogP contribution in [0.2, 0.25) is 0 Å². The Balaban J connectivity index is 2.33. The number of pyridine rings is 2. The predicted octanol–water partition coefficient (Wildman–Crippen LogP) is 2.76. The van der Waals surface area contributed by atoms with E-state index in [0.29, 0.717) is 0 Å². The van der Waals surface area contributed by atoms with Crippen LogP contribution in [-0.4, -0.2) is 19.5 Å². The van der Waals surface area contributed by atoms with Crippen molar-refractivity contribution >= 4 is 5.65 Å². The molecule has 0 aromatic carbocycles. The molecular weight excluding hydrogens is 238 g/mol. The predicted molar refractivity (Wildman–Crippen MR) is 73.8 cm³/mol. The Hall–Kier alpha value is -2.20. The van der Waals surface area contributed by atoms with Crippen molar-refractivity contribution in [3.63, 3.8) is 0 Å². The van der Waals surface area contributed by atoms with Gasteiger partial charge in [0.15, 0.2) is 0 Å². The lowest BCUT2D eigenvalue weighted by Gasteiger charge is -2.08. The molecule has 0 saturated carbocycles. The number of hydrogen-bond acceptors (Lipinski definition) is 3. The molecule has 1 atom stereocenters. The number of aliphatic hydroxyl groups is 1. The van der Waals surface area contributed by atoms with E-state index in [4.69, 9.17) is 0 Å². The molecule has 1 unspecified atom stereocenters. The summed E-state index contributed by atoms with van der Waals surface area (Å²) in [5, 5.41) is 10.1. The van der Waals surface area contributed by atoms with Gasteiger partial charge in [-0.2, -0.15) is 0 Å². The van der Waals surface area contributed by atoms with Crippen molar-refractivity contribution in [3.05, 3.63) is 54.1 Å². The summed E-state index contributed by atoms with van der Waals surface area (Å²) in [6, 6.07) is 7.79. The molecule has 0 aliphatic rings. The van der Waals surface area contributed by atoms with Crippen molar-refractivity contribution in [2.24, 2.45) is 0 Å². The SMILES string of the molecule is Cc1ccc2nc(-c3ccncc3)c(C(C)O)n2c1. The Kier molecular flexibility index (Phi) is 2.80. The Bertz CT molecular complexity index is 717. The van der Waals surface area contributed by atoms with Crippen molar-refractivity contribution in [2.75, 3.05) is 0 Å². The van der Waals surface area contributed by atoms with Crippen LogP contribution < -0.4 is 0 Å². The normalized spacial score (nSPS) is 12.8. The van der Waals surface area contributed by atoms with Crippen molar-refractivity contribution in [1.29, 1.82) is 0 Å². The second kappa shape index (κ2) is 4.48. The topological polar surface area (TPSA) is 50.4 Å². The average Bonchev–Trinajstić information content (AvgIpc) is 2.78. The summed E-state index contributed by atoms with van der Waals surface area (Å²) >= 11 is 0. The molecule has 0 saturated heterocycles. The van der Waals surface area contributed by atoms with Gasteiger partial charge in [-0.1, -0.05) is 6.07 Å². The zero-order valence-electron chi connectivity index (χ0n) is 10.9. The van der Waals surface area contributed by atoms with Gasteiger partial charge in [-0.3, -0.25) is 4.98 Å². The van der Waals surface area contributed by atoms with E-state index in [1.165, 1.54) is 0 Å². The van der Waals surface area contributed by atoms with Gasteiger partial charge in [-0.15, -0.1) is 0 Å². The molecule has 0 aliphatic heterocycles. The van der Waals surface area contributed by atoms with Crippen LogP contribution >= 0.6 is 0 Å². The van der Waals surface area contributed by atoms with E-state index >= 15 is 0 Å². The summed E-state index contributed by atoms with van der Waals surface area (Å²) in [4.78, 5) is 8.64. The van der Waals surface area contributed by atoms with E-state index in [9.17, 15) is 5.11 Å². The first-order valence-corrected chi connectivity index (χ1v) is 6.24. The third-order valence-electron chi connectivity index (χ3n) is 3.15. The fourth-order valence-corrected chi connectivity index (χ4v) is 2.29. The molecular formula is C15H15N3O. The number of fused-ring (bicyclic) bond motifs is 1. The van der Waals surface area contributed by atoms with Gasteiger partial charge in [0.25, 0.3) is 0 Å². The number of aryl methyl sites for hydroxylation is 1. The summed E-state index contributed by atoms with van der Waals surface area (Å²) in [5.41, 5.74) is 4.56. The smallest absolute Gasteiger partial charge is 0.137 e. The van der Waals surface area contributed by atoms with Gasteiger partial charge >= 0.3 is 0 Å². The maximum Gasteiger partial charge on any atom is 0.137 e. The van der Waals surface area contributed by atoms with E-state index in [1.807, 2.05) is 41.8 Å². The first-order valence-electron chi connectivity index (χ1n) is 6.24. The van der Waals surface area contributed by atoms with Gasteiger partial charge in [0.1, 0.15) is 5.65 Å². The summed E-state index contributed by atoms with van der Waals surface area (Å²) in [5.74, 6) is 0.